The third-order valence-electron chi connectivity index (χ3n) is 2.97. The maximum absolute atomic E-state index is 12.0. The number of carbonyl (C=O) groups excluding carboxylic acids is 1. The Kier molecular flexibility index (Phi) is 6.52. The van der Waals surface area contributed by atoms with Gasteiger partial charge in [-0.25, -0.2) is 0 Å². The number of nitrogens with one attached hydrogen (secondary N) is 1. The number of hydrogen-bond donors (Lipinski definition) is 2. The number of benzene rings is 1. The molecule has 0 bridgehead atoms. The van der Waals surface area contributed by atoms with E-state index in [1.165, 1.54) is 0 Å². The molecule has 0 saturated heterocycles. The van der Waals surface area contributed by atoms with Crippen LogP contribution in [0.1, 0.15) is 27.2 Å². The molecule has 3 N–H and O–H groups in total. The molecule has 3 nitrogen and oxygen atoms in total. The van der Waals surface area contributed by atoms with Gasteiger partial charge in [-0.2, -0.15) is 0 Å². The molecule has 1 aromatic rings. The van der Waals surface area contributed by atoms with Gasteiger partial charge in [0.25, 0.3) is 0 Å². The SMILES string of the molecule is CCC(C)CSC(C)C(=O)Nc1cc(Cl)ccc1N. The maximum atomic E-state index is 12.0. The van der Waals surface area contributed by atoms with Crippen molar-refractivity contribution in [3.8, 4) is 0 Å². The van der Waals surface area contributed by atoms with Crippen LogP contribution in [0.2, 0.25) is 5.02 Å². The van der Waals surface area contributed by atoms with E-state index >= 15 is 0 Å². The lowest BCUT2D eigenvalue weighted by molar-refractivity contribution is -0.115. The fraction of sp³-hybridized carbons (Fsp3) is 0.500. The van der Waals surface area contributed by atoms with Gasteiger partial charge in [-0.15, -0.1) is 11.8 Å². The minimum Gasteiger partial charge on any atom is -0.397 e. The largest absolute Gasteiger partial charge is 0.397 e. The smallest absolute Gasteiger partial charge is 0.237 e. The first-order valence-electron chi connectivity index (χ1n) is 6.41. The Morgan fingerprint density at radius 3 is 2.79 bits per heavy atom. The molecule has 1 rings (SSSR count). The molecule has 2 atom stereocenters. The van der Waals surface area contributed by atoms with Gasteiger partial charge in [0.2, 0.25) is 5.91 Å². The summed E-state index contributed by atoms with van der Waals surface area (Å²) in [5.41, 5.74) is 6.90. The molecule has 0 aliphatic heterocycles. The molecule has 0 radical (unpaired) electrons. The van der Waals surface area contributed by atoms with Crippen LogP contribution in [0.25, 0.3) is 0 Å². The lowest BCUT2D eigenvalue weighted by Crippen LogP contribution is -2.24. The average molecular weight is 301 g/mol. The molecule has 0 saturated carbocycles. The Morgan fingerprint density at radius 2 is 2.16 bits per heavy atom. The maximum Gasteiger partial charge on any atom is 0.237 e. The Bertz CT molecular complexity index is 439. The van der Waals surface area contributed by atoms with E-state index in [9.17, 15) is 4.79 Å². The molecule has 0 fully saturated rings. The molecular formula is C14H21ClN2OS. The minimum absolute atomic E-state index is 0.0396. The molecular weight excluding hydrogens is 280 g/mol. The van der Waals surface area contributed by atoms with Crippen molar-refractivity contribution < 1.29 is 4.79 Å². The molecule has 1 amide bonds. The van der Waals surface area contributed by atoms with Crippen LogP contribution in [-0.2, 0) is 4.79 Å². The summed E-state index contributed by atoms with van der Waals surface area (Å²) in [6, 6.07) is 5.06. The predicted octanol–water partition coefficient (Wildman–Crippen LogP) is 4.03. The zero-order valence-electron chi connectivity index (χ0n) is 11.6. The number of carbonyl (C=O) groups is 1. The van der Waals surface area contributed by atoms with Gasteiger partial charge in [0.05, 0.1) is 16.6 Å². The van der Waals surface area contributed by atoms with Crippen LogP contribution in [0.3, 0.4) is 0 Å². The number of nitrogens with two attached hydrogens (primary N) is 1. The van der Waals surface area contributed by atoms with Crippen molar-refractivity contribution in [2.75, 3.05) is 16.8 Å². The van der Waals surface area contributed by atoms with Crippen molar-refractivity contribution in [1.82, 2.24) is 0 Å². The van der Waals surface area contributed by atoms with Crippen molar-refractivity contribution in [3.05, 3.63) is 23.2 Å². The zero-order valence-corrected chi connectivity index (χ0v) is 13.1. The molecule has 19 heavy (non-hydrogen) atoms. The van der Waals surface area contributed by atoms with Crippen molar-refractivity contribution in [2.45, 2.75) is 32.4 Å². The highest BCUT2D eigenvalue weighted by Crippen LogP contribution is 2.24. The highest BCUT2D eigenvalue weighted by atomic mass is 35.5. The van der Waals surface area contributed by atoms with Gasteiger partial charge in [0.15, 0.2) is 0 Å². The van der Waals surface area contributed by atoms with Crippen LogP contribution in [0, 0.1) is 5.92 Å². The van der Waals surface area contributed by atoms with Crippen molar-refractivity contribution in [1.29, 1.82) is 0 Å². The predicted molar refractivity (Wildman–Crippen MR) is 85.9 cm³/mol. The van der Waals surface area contributed by atoms with Crippen LogP contribution in [0.15, 0.2) is 18.2 Å². The van der Waals surface area contributed by atoms with Gasteiger partial charge in [-0.3, -0.25) is 4.79 Å². The van der Waals surface area contributed by atoms with Crippen LogP contribution in [0.4, 0.5) is 11.4 Å². The summed E-state index contributed by atoms with van der Waals surface area (Å²) in [7, 11) is 0. The van der Waals surface area contributed by atoms with Crippen LogP contribution in [0.5, 0.6) is 0 Å². The highest BCUT2D eigenvalue weighted by Gasteiger charge is 2.15. The van der Waals surface area contributed by atoms with E-state index < -0.39 is 0 Å². The second-order valence-corrected chi connectivity index (χ2v) is 6.52. The molecule has 0 aromatic heterocycles. The van der Waals surface area contributed by atoms with E-state index in [0.717, 1.165) is 12.2 Å². The quantitative estimate of drug-likeness (QED) is 0.780. The van der Waals surface area contributed by atoms with E-state index in [1.54, 1.807) is 30.0 Å². The molecule has 0 aliphatic carbocycles. The molecule has 5 heteroatoms. The summed E-state index contributed by atoms with van der Waals surface area (Å²) in [5, 5.41) is 3.28. The number of hydrogen-bond acceptors (Lipinski definition) is 3. The highest BCUT2D eigenvalue weighted by molar-refractivity contribution is 8.00. The fourth-order valence-electron chi connectivity index (χ4n) is 1.37. The van der Waals surface area contributed by atoms with E-state index in [1.807, 2.05) is 6.92 Å². The Hall–Kier alpha value is -0.870. The van der Waals surface area contributed by atoms with Gasteiger partial charge < -0.3 is 11.1 Å². The zero-order chi connectivity index (χ0) is 14.4. The summed E-state index contributed by atoms with van der Waals surface area (Å²) in [6.45, 7) is 6.25. The number of thioether (sulfide) groups is 1. The van der Waals surface area contributed by atoms with Crippen molar-refractivity contribution in [3.63, 3.8) is 0 Å². The Morgan fingerprint density at radius 1 is 1.47 bits per heavy atom. The standard InChI is InChI=1S/C14H21ClN2OS/c1-4-9(2)8-19-10(3)14(18)17-13-7-11(15)5-6-12(13)16/h5-7,9-10H,4,8,16H2,1-3H3,(H,17,18). The number of halogens is 1. The van der Waals surface area contributed by atoms with Gasteiger partial charge in [-0.1, -0.05) is 31.9 Å². The van der Waals surface area contributed by atoms with Crippen LogP contribution >= 0.6 is 23.4 Å². The third-order valence-corrected chi connectivity index (χ3v) is 4.68. The number of rotatable bonds is 6. The van der Waals surface area contributed by atoms with E-state index in [0.29, 0.717) is 22.3 Å². The van der Waals surface area contributed by atoms with E-state index in [2.05, 4.69) is 19.2 Å². The summed E-state index contributed by atoms with van der Waals surface area (Å²) in [6.07, 6.45) is 1.13. The van der Waals surface area contributed by atoms with Crippen LogP contribution in [-0.4, -0.2) is 16.9 Å². The van der Waals surface area contributed by atoms with E-state index in [4.69, 9.17) is 17.3 Å². The number of nitrogen functional groups attached to an aromatic ring is 1. The molecule has 1 aromatic carbocycles. The first kappa shape index (κ1) is 16.2. The topological polar surface area (TPSA) is 55.1 Å². The summed E-state index contributed by atoms with van der Waals surface area (Å²) in [5.74, 6) is 1.56. The number of amides is 1. The first-order chi connectivity index (χ1) is 8.93. The lowest BCUT2D eigenvalue weighted by atomic mass is 10.2. The Balaban J connectivity index is 2.56. The second-order valence-electron chi connectivity index (χ2n) is 4.71. The van der Waals surface area contributed by atoms with Crippen molar-refractivity contribution >= 4 is 40.6 Å². The molecule has 0 spiro atoms. The number of anilines is 2. The van der Waals surface area contributed by atoms with Gasteiger partial charge in [-0.05, 0) is 36.8 Å². The normalized spacial score (nSPS) is 13.9. The fourth-order valence-corrected chi connectivity index (χ4v) is 2.61. The lowest BCUT2D eigenvalue weighted by Gasteiger charge is -2.15. The average Bonchev–Trinajstić information content (AvgIpc) is 2.39. The van der Waals surface area contributed by atoms with Gasteiger partial charge >= 0.3 is 0 Å². The molecule has 0 heterocycles. The summed E-state index contributed by atoms with van der Waals surface area (Å²) < 4.78 is 0. The molecule has 0 aliphatic rings. The van der Waals surface area contributed by atoms with Gasteiger partial charge in [0.1, 0.15) is 0 Å². The third kappa shape index (κ3) is 5.33. The summed E-state index contributed by atoms with van der Waals surface area (Å²) in [4.78, 5) is 12.0. The second kappa shape index (κ2) is 7.65. The monoisotopic (exact) mass is 300 g/mol. The molecule has 2 unspecified atom stereocenters. The molecule has 106 valence electrons. The van der Waals surface area contributed by atoms with Crippen molar-refractivity contribution in [2.24, 2.45) is 5.92 Å². The minimum atomic E-state index is -0.104. The first-order valence-corrected chi connectivity index (χ1v) is 7.84. The van der Waals surface area contributed by atoms with E-state index in [-0.39, 0.29) is 11.2 Å². The summed E-state index contributed by atoms with van der Waals surface area (Å²) >= 11 is 7.55. The Labute approximate surface area is 124 Å². The van der Waals surface area contributed by atoms with Crippen LogP contribution < -0.4 is 11.1 Å². The van der Waals surface area contributed by atoms with Gasteiger partial charge in [0, 0.05) is 5.02 Å².